The Morgan fingerprint density at radius 3 is 1.45 bits per heavy atom. The van der Waals surface area contributed by atoms with E-state index < -0.39 is 0 Å². The lowest BCUT2D eigenvalue weighted by Crippen LogP contribution is -2.05. The van der Waals surface area contributed by atoms with Gasteiger partial charge in [0, 0.05) is 0 Å². The van der Waals surface area contributed by atoms with E-state index in [9.17, 15) is 0 Å². The molecule has 0 bridgehead atoms. The van der Waals surface area contributed by atoms with Gasteiger partial charge < -0.3 is 18.9 Å². The molecular formula is C16H22O4. The van der Waals surface area contributed by atoms with E-state index in [1.165, 1.54) is 0 Å². The number of hydrogen-bond acceptors (Lipinski definition) is 4. The van der Waals surface area contributed by atoms with Gasteiger partial charge >= 0.3 is 0 Å². The van der Waals surface area contributed by atoms with Crippen LogP contribution in [0.3, 0.4) is 0 Å². The molecule has 0 saturated heterocycles. The maximum atomic E-state index is 5.52. The van der Waals surface area contributed by atoms with Crippen LogP contribution in [0.4, 0.5) is 0 Å². The van der Waals surface area contributed by atoms with Gasteiger partial charge in [0.05, 0.1) is 12.5 Å². The maximum absolute atomic E-state index is 5.52. The van der Waals surface area contributed by atoms with Crippen molar-refractivity contribution in [2.45, 2.75) is 13.8 Å². The Kier molecular flexibility index (Phi) is 8.61. The Labute approximate surface area is 120 Å². The Bertz CT molecular complexity index is 356. The third-order valence-corrected chi connectivity index (χ3v) is 2.23. The van der Waals surface area contributed by atoms with E-state index in [0.29, 0.717) is 26.4 Å². The van der Waals surface area contributed by atoms with E-state index in [1.807, 2.05) is 50.3 Å². The average molecular weight is 278 g/mol. The van der Waals surface area contributed by atoms with Crippen molar-refractivity contribution in [3.63, 3.8) is 0 Å². The normalized spacial score (nSPS) is 10.9. The van der Waals surface area contributed by atoms with Gasteiger partial charge in [-0.25, -0.2) is 0 Å². The van der Waals surface area contributed by atoms with Gasteiger partial charge in [-0.15, -0.1) is 0 Å². The van der Waals surface area contributed by atoms with E-state index in [2.05, 4.69) is 0 Å². The van der Waals surface area contributed by atoms with Crippen molar-refractivity contribution in [2.75, 3.05) is 26.4 Å². The summed E-state index contributed by atoms with van der Waals surface area (Å²) in [6.07, 6.45) is 6.98. The molecular weight excluding hydrogens is 256 g/mol. The van der Waals surface area contributed by atoms with Gasteiger partial charge in [0.25, 0.3) is 0 Å². The minimum Gasteiger partial charge on any atom is -0.498 e. The average Bonchev–Trinajstić information content (AvgIpc) is 2.48. The molecule has 0 aliphatic heterocycles. The topological polar surface area (TPSA) is 36.9 Å². The summed E-state index contributed by atoms with van der Waals surface area (Å²) in [6, 6.07) is 7.49. The number of rotatable bonds is 10. The molecule has 0 N–H and O–H groups in total. The minimum atomic E-state index is 0.516. The third kappa shape index (κ3) is 7.36. The van der Waals surface area contributed by atoms with Crippen molar-refractivity contribution in [3.8, 4) is 11.5 Å². The standard InChI is InChI=1S/C16H22O4/c1-3-9-17-11-13-19-15-5-7-16(8-6-15)20-14-12-18-10-4-2/h3-10H,11-14H2,1-2H3/b9-3-,10-4+. The molecule has 4 nitrogen and oxygen atoms in total. The predicted molar refractivity (Wildman–Crippen MR) is 79.0 cm³/mol. The van der Waals surface area contributed by atoms with E-state index in [-0.39, 0.29) is 0 Å². The van der Waals surface area contributed by atoms with E-state index in [0.717, 1.165) is 11.5 Å². The number of hydrogen-bond donors (Lipinski definition) is 0. The highest BCUT2D eigenvalue weighted by Gasteiger charge is 1.96. The summed E-state index contributed by atoms with van der Waals surface area (Å²) in [4.78, 5) is 0. The molecule has 0 unspecified atom stereocenters. The van der Waals surface area contributed by atoms with Crippen LogP contribution in [0.1, 0.15) is 13.8 Å². The monoisotopic (exact) mass is 278 g/mol. The zero-order valence-corrected chi connectivity index (χ0v) is 12.1. The Balaban J connectivity index is 2.19. The first kappa shape index (κ1) is 16.0. The number of allylic oxidation sites excluding steroid dienone is 2. The quantitative estimate of drug-likeness (QED) is 0.484. The van der Waals surface area contributed by atoms with Crippen LogP contribution in [-0.2, 0) is 9.47 Å². The Morgan fingerprint density at radius 1 is 0.700 bits per heavy atom. The molecule has 0 fully saturated rings. The molecule has 0 radical (unpaired) electrons. The SMILES string of the molecule is C/C=C\OCCOc1ccc(OCCO/C=C/C)cc1. The van der Waals surface area contributed by atoms with E-state index in [1.54, 1.807) is 12.5 Å². The van der Waals surface area contributed by atoms with Gasteiger partial charge in [0.1, 0.15) is 37.9 Å². The van der Waals surface area contributed by atoms with Gasteiger partial charge in [-0.05, 0) is 38.1 Å². The molecule has 0 saturated carbocycles. The molecule has 0 aliphatic carbocycles. The van der Waals surface area contributed by atoms with Crippen LogP contribution < -0.4 is 9.47 Å². The van der Waals surface area contributed by atoms with Crippen molar-refractivity contribution < 1.29 is 18.9 Å². The lowest BCUT2D eigenvalue weighted by molar-refractivity contribution is 0.176. The van der Waals surface area contributed by atoms with Gasteiger partial charge in [0.2, 0.25) is 0 Å². The molecule has 0 heterocycles. The van der Waals surface area contributed by atoms with Crippen molar-refractivity contribution in [3.05, 3.63) is 48.9 Å². The van der Waals surface area contributed by atoms with E-state index >= 15 is 0 Å². The summed E-state index contributed by atoms with van der Waals surface area (Å²) in [5.74, 6) is 1.60. The highest BCUT2D eigenvalue weighted by Crippen LogP contribution is 2.17. The predicted octanol–water partition coefficient (Wildman–Crippen LogP) is 3.54. The zero-order valence-electron chi connectivity index (χ0n) is 12.1. The molecule has 110 valence electrons. The van der Waals surface area contributed by atoms with Crippen LogP contribution in [0.15, 0.2) is 48.9 Å². The van der Waals surface area contributed by atoms with Crippen LogP contribution in [0.2, 0.25) is 0 Å². The van der Waals surface area contributed by atoms with Crippen molar-refractivity contribution >= 4 is 0 Å². The Morgan fingerprint density at radius 2 is 1.10 bits per heavy atom. The molecule has 0 aromatic heterocycles. The molecule has 1 aromatic rings. The zero-order chi connectivity index (χ0) is 14.5. The summed E-state index contributed by atoms with van der Waals surface area (Å²) in [5, 5.41) is 0. The molecule has 0 aliphatic rings. The number of ether oxygens (including phenoxy) is 4. The number of benzene rings is 1. The first-order valence-corrected chi connectivity index (χ1v) is 6.68. The summed E-state index contributed by atoms with van der Waals surface area (Å²) in [5.41, 5.74) is 0. The van der Waals surface area contributed by atoms with Gasteiger partial charge in [-0.1, -0.05) is 12.2 Å². The molecule has 4 heteroatoms. The van der Waals surface area contributed by atoms with Gasteiger partial charge in [0.15, 0.2) is 0 Å². The molecule has 1 aromatic carbocycles. The smallest absolute Gasteiger partial charge is 0.122 e. The van der Waals surface area contributed by atoms with Crippen LogP contribution in [0, 0.1) is 0 Å². The highest BCUT2D eigenvalue weighted by molar-refractivity contribution is 5.31. The Hall–Kier alpha value is -2.10. The van der Waals surface area contributed by atoms with Crippen LogP contribution in [0.5, 0.6) is 11.5 Å². The lowest BCUT2D eigenvalue weighted by atomic mass is 10.3. The van der Waals surface area contributed by atoms with Crippen molar-refractivity contribution in [2.24, 2.45) is 0 Å². The van der Waals surface area contributed by atoms with Gasteiger partial charge in [-0.3, -0.25) is 0 Å². The second-order valence-corrected chi connectivity index (χ2v) is 3.85. The lowest BCUT2D eigenvalue weighted by Gasteiger charge is -2.08. The first-order chi connectivity index (χ1) is 9.86. The fourth-order valence-electron chi connectivity index (χ4n) is 1.38. The summed E-state index contributed by atoms with van der Waals surface area (Å²) in [6.45, 7) is 5.91. The van der Waals surface area contributed by atoms with Crippen molar-refractivity contribution in [1.29, 1.82) is 0 Å². The fraction of sp³-hybridized carbons (Fsp3) is 0.375. The molecule has 0 spiro atoms. The molecule has 1 rings (SSSR count). The maximum Gasteiger partial charge on any atom is 0.122 e. The molecule has 0 amide bonds. The van der Waals surface area contributed by atoms with Crippen LogP contribution >= 0.6 is 0 Å². The van der Waals surface area contributed by atoms with E-state index in [4.69, 9.17) is 18.9 Å². The van der Waals surface area contributed by atoms with Crippen LogP contribution in [0.25, 0.3) is 0 Å². The van der Waals surface area contributed by atoms with Gasteiger partial charge in [-0.2, -0.15) is 0 Å². The first-order valence-electron chi connectivity index (χ1n) is 6.68. The minimum absolute atomic E-state index is 0.516. The van der Waals surface area contributed by atoms with Crippen LogP contribution in [-0.4, -0.2) is 26.4 Å². The molecule has 0 atom stereocenters. The highest BCUT2D eigenvalue weighted by atomic mass is 16.5. The second kappa shape index (κ2) is 10.8. The summed E-state index contributed by atoms with van der Waals surface area (Å²) >= 11 is 0. The largest absolute Gasteiger partial charge is 0.498 e. The second-order valence-electron chi connectivity index (χ2n) is 3.85. The third-order valence-electron chi connectivity index (χ3n) is 2.23. The fourth-order valence-corrected chi connectivity index (χ4v) is 1.38. The molecule has 20 heavy (non-hydrogen) atoms. The summed E-state index contributed by atoms with van der Waals surface area (Å²) in [7, 11) is 0. The summed E-state index contributed by atoms with van der Waals surface area (Å²) < 4.78 is 21.4. The van der Waals surface area contributed by atoms with Crippen molar-refractivity contribution in [1.82, 2.24) is 0 Å².